The number of carbonyl (C=O) groups excluding carboxylic acids is 1. The van der Waals surface area contributed by atoms with Gasteiger partial charge in [0.05, 0.1) is 25.4 Å². The molecule has 4 aromatic rings. The van der Waals surface area contributed by atoms with Crippen molar-refractivity contribution in [3.8, 4) is 0 Å². The lowest BCUT2D eigenvalue weighted by Gasteiger charge is -2.10. The molecule has 0 bridgehead atoms. The highest BCUT2D eigenvalue weighted by Gasteiger charge is 2.14. The second-order valence-corrected chi connectivity index (χ2v) is 6.25. The number of carbonyl (C=O) groups is 1. The molecule has 0 spiro atoms. The molecule has 1 amide bonds. The molecule has 142 valence electrons. The minimum Gasteiger partial charge on any atom is -0.453 e. The predicted molar refractivity (Wildman–Crippen MR) is 105 cm³/mol. The van der Waals surface area contributed by atoms with Crippen molar-refractivity contribution in [2.24, 2.45) is 0 Å². The van der Waals surface area contributed by atoms with Gasteiger partial charge in [0.25, 0.3) is 5.56 Å². The van der Waals surface area contributed by atoms with E-state index in [0.717, 1.165) is 22.0 Å². The molecule has 0 saturated carbocycles. The van der Waals surface area contributed by atoms with Gasteiger partial charge in [0.2, 0.25) is 5.95 Å². The highest BCUT2D eigenvalue weighted by atomic mass is 35.5. The van der Waals surface area contributed by atoms with Crippen LogP contribution in [0.5, 0.6) is 0 Å². The van der Waals surface area contributed by atoms with Crippen molar-refractivity contribution >= 4 is 45.6 Å². The maximum Gasteiger partial charge on any atom is 0.413 e. The van der Waals surface area contributed by atoms with Gasteiger partial charge in [-0.1, -0.05) is 18.2 Å². The molecule has 9 nitrogen and oxygen atoms in total. The van der Waals surface area contributed by atoms with Gasteiger partial charge in [-0.15, -0.1) is 11.6 Å². The fraction of sp³-hybridized carbons (Fsp3) is 0.167. The molecule has 0 aliphatic carbocycles. The van der Waals surface area contributed by atoms with Crippen molar-refractivity contribution in [2.45, 2.75) is 12.4 Å². The first kappa shape index (κ1) is 17.9. The molecule has 4 rings (SSSR count). The Balaban J connectivity index is 1.76. The molecular weight excluding hydrogens is 384 g/mol. The van der Waals surface area contributed by atoms with Gasteiger partial charge in [0.15, 0.2) is 5.52 Å². The Bertz CT molecular complexity index is 1250. The zero-order valence-electron chi connectivity index (χ0n) is 14.8. The normalized spacial score (nSPS) is 11.1. The maximum atomic E-state index is 12.5. The highest BCUT2D eigenvalue weighted by Crippen LogP contribution is 2.23. The zero-order chi connectivity index (χ0) is 19.7. The minimum absolute atomic E-state index is 0.0116. The second-order valence-electron chi connectivity index (χ2n) is 5.98. The van der Waals surface area contributed by atoms with Crippen LogP contribution >= 0.6 is 11.6 Å². The fourth-order valence-corrected chi connectivity index (χ4v) is 3.26. The van der Waals surface area contributed by atoms with Crippen LogP contribution in [0.2, 0.25) is 0 Å². The lowest BCUT2D eigenvalue weighted by molar-refractivity contribution is 0.186. The van der Waals surface area contributed by atoms with E-state index in [1.807, 2.05) is 24.3 Å². The molecule has 0 aliphatic rings. The van der Waals surface area contributed by atoms with E-state index in [1.165, 1.54) is 13.3 Å². The highest BCUT2D eigenvalue weighted by molar-refractivity contribution is 6.18. The monoisotopic (exact) mass is 398 g/mol. The smallest absolute Gasteiger partial charge is 0.413 e. The number of aromatic nitrogens is 5. The van der Waals surface area contributed by atoms with Crippen molar-refractivity contribution in [2.75, 3.05) is 12.4 Å². The third-order valence-electron chi connectivity index (χ3n) is 4.31. The van der Waals surface area contributed by atoms with Crippen LogP contribution in [-0.2, 0) is 17.2 Å². The Morgan fingerprint density at radius 2 is 2.14 bits per heavy atom. The first-order chi connectivity index (χ1) is 13.6. The van der Waals surface area contributed by atoms with Gasteiger partial charge in [0, 0.05) is 17.5 Å². The number of amides is 1. The standard InChI is InChI=1S/C18H15ClN6O3/c1-28-18(27)24-17-22-13-8-21-25(15(13)16(26)23-17)9-11-5-4-10(7-19)12-3-2-6-20-14(11)12/h2-6,8H,7,9H2,1H3,(H2,22,23,24,26,27). The van der Waals surface area contributed by atoms with Crippen molar-refractivity contribution in [3.05, 3.63) is 58.1 Å². The van der Waals surface area contributed by atoms with E-state index in [9.17, 15) is 9.59 Å². The van der Waals surface area contributed by atoms with Crippen molar-refractivity contribution in [1.29, 1.82) is 0 Å². The van der Waals surface area contributed by atoms with Crippen LogP contribution in [0.4, 0.5) is 10.7 Å². The first-order valence-corrected chi connectivity index (χ1v) is 8.86. The number of pyridine rings is 1. The Morgan fingerprint density at radius 3 is 2.93 bits per heavy atom. The summed E-state index contributed by atoms with van der Waals surface area (Å²) in [6, 6.07) is 7.69. The summed E-state index contributed by atoms with van der Waals surface area (Å²) in [4.78, 5) is 35.0. The molecule has 28 heavy (non-hydrogen) atoms. The predicted octanol–water partition coefficient (Wildman–Crippen LogP) is 2.63. The number of hydrogen-bond acceptors (Lipinski definition) is 6. The van der Waals surface area contributed by atoms with Gasteiger partial charge in [-0.05, 0) is 17.2 Å². The summed E-state index contributed by atoms with van der Waals surface area (Å²) in [5.41, 5.74) is 2.90. The molecule has 10 heteroatoms. The summed E-state index contributed by atoms with van der Waals surface area (Å²) in [5, 5.41) is 7.57. The number of ether oxygens (including phenoxy) is 1. The van der Waals surface area contributed by atoms with Gasteiger partial charge >= 0.3 is 6.09 Å². The lowest BCUT2D eigenvalue weighted by Crippen LogP contribution is -2.19. The van der Waals surface area contributed by atoms with Gasteiger partial charge in [0.1, 0.15) is 5.52 Å². The summed E-state index contributed by atoms with van der Waals surface area (Å²) in [5.74, 6) is 0.370. The molecular formula is C18H15ClN6O3. The molecule has 0 fully saturated rings. The van der Waals surface area contributed by atoms with Crippen LogP contribution in [0, 0.1) is 0 Å². The molecule has 0 atom stereocenters. The van der Waals surface area contributed by atoms with E-state index < -0.39 is 11.7 Å². The number of nitrogens with zero attached hydrogens (tertiary/aromatic N) is 4. The fourth-order valence-electron chi connectivity index (χ4n) is 3.03. The summed E-state index contributed by atoms with van der Waals surface area (Å²) in [6.07, 6.45) is 2.45. The van der Waals surface area contributed by atoms with E-state index in [2.05, 4.69) is 30.1 Å². The number of hydrogen-bond donors (Lipinski definition) is 2. The molecule has 0 aliphatic heterocycles. The van der Waals surface area contributed by atoms with Crippen LogP contribution in [0.25, 0.3) is 21.9 Å². The van der Waals surface area contributed by atoms with Gasteiger partial charge in [-0.3, -0.25) is 24.8 Å². The Labute approximate surface area is 163 Å². The molecule has 0 saturated heterocycles. The summed E-state index contributed by atoms with van der Waals surface area (Å²) in [6.45, 7) is 0.327. The number of methoxy groups -OCH3 is 1. The third-order valence-corrected chi connectivity index (χ3v) is 4.60. The molecule has 3 heterocycles. The van der Waals surface area contributed by atoms with E-state index in [0.29, 0.717) is 23.5 Å². The summed E-state index contributed by atoms with van der Waals surface area (Å²) >= 11 is 6.02. The third kappa shape index (κ3) is 3.16. The average molecular weight is 399 g/mol. The van der Waals surface area contributed by atoms with E-state index in [4.69, 9.17) is 11.6 Å². The van der Waals surface area contributed by atoms with Crippen LogP contribution in [0.1, 0.15) is 11.1 Å². The Hall–Kier alpha value is -3.46. The maximum absolute atomic E-state index is 12.5. The largest absolute Gasteiger partial charge is 0.453 e. The van der Waals surface area contributed by atoms with Gasteiger partial charge < -0.3 is 4.74 Å². The van der Waals surface area contributed by atoms with Crippen LogP contribution in [-0.4, -0.2) is 37.9 Å². The quantitative estimate of drug-likeness (QED) is 0.511. The molecule has 3 aromatic heterocycles. The number of H-pyrrole nitrogens is 1. The zero-order valence-corrected chi connectivity index (χ0v) is 15.5. The number of alkyl halides is 1. The van der Waals surface area contributed by atoms with E-state index >= 15 is 0 Å². The number of nitrogens with one attached hydrogen (secondary N) is 2. The average Bonchev–Trinajstić information content (AvgIpc) is 3.11. The summed E-state index contributed by atoms with van der Waals surface area (Å²) in [7, 11) is 1.22. The van der Waals surface area contributed by atoms with Crippen LogP contribution in [0.15, 0.2) is 41.5 Å². The molecule has 0 unspecified atom stereocenters. The number of aromatic amines is 1. The molecule has 1 aromatic carbocycles. The van der Waals surface area contributed by atoms with E-state index in [1.54, 1.807) is 10.9 Å². The molecule has 0 radical (unpaired) electrons. The van der Waals surface area contributed by atoms with Crippen molar-refractivity contribution in [1.82, 2.24) is 24.7 Å². The Morgan fingerprint density at radius 1 is 1.32 bits per heavy atom. The summed E-state index contributed by atoms with van der Waals surface area (Å²) < 4.78 is 6.05. The first-order valence-electron chi connectivity index (χ1n) is 8.33. The molecule has 2 N–H and O–H groups in total. The SMILES string of the molecule is COC(=O)Nc1nc2cnn(Cc3ccc(CCl)c4cccnc34)c2c(=O)[nH]1. The number of fused-ring (bicyclic) bond motifs is 2. The number of benzene rings is 1. The van der Waals surface area contributed by atoms with E-state index in [-0.39, 0.29) is 5.95 Å². The van der Waals surface area contributed by atoms with Gasteiger partial charge in [-0.25, -0.2) is 9.78 Å². The van der Waals surface area contributed by atoms with Crippen molar-refractivity contribution < 1.29 is 9.53 Å². The van der Waals surface area contributed by atoms with Crippen LogP contribution in [0.3, 0.4) is 0 Å². The van der Waals surface area contributed by atoms with Gasteiger partial charge in [-0.2, -0.15) is 5.10 Å². The minimum atomic E-state index is -0.730. The van der Waals surface area contributed by atoms with Crippen LogP contribution < -0.4 is 10.9 Å². The number of anilines is 1. The topological polar surface area (TPSA) is 115 Å². The van der Waals surface area contributed by atoms with Crippen molar-refractivity contribution in [3.63, 3.8) is 0 Å². The lowest BCUT2D eigenvalue weighted by atomic mass is 10.0. The Kier molecular flexibility index (Phi) is 4.66. The number of halogens is 1. The number of rotatable bonds is 4. The second kappa shape index (κ2) is 7.28.